The first kappa shape index (κ1) is 21.8. The number of carbonyl (C=O) groups is 1. The van der Waals surface area contributed by atoms with Crippen LogP contribution in [0, 0.1) is 5.92 Å². The van der Waals surface area contributed by atoms with Gasteiger partial charge < -0.3 is 14.8 Å². The maximum atomic E-state index is 11.8. The molecule has 1 saturated heterocycles. The van der Waals surface area contributed by atoms with Crippen LogP contribution in [0.25, 0.3) is 0 Å². The molecule has 0 bridgehead atoms. The topological polar surface area (TPSA) is 50.8 Å². The number of nitrogens with one attached hydrogen (secondary N) is 1. The highest BCUT2D eigenvalue weighted by molar-refractivity contribution is 6.30. The number of halogens is 1. The van der Waals surface area contributed by atoms with Gasteiger partial charge in [0.05, 0.1) is 6.61 Å². The van der Waals surface area contributed by atoms with Crippen LogP contribution in [0.15, 0.2) is 18.2 Å². The van der Waals surface area contributed by atoms with Crippen molar-refractivity contribution >= 4 is 17.7 Å². The van der Waals surface area contributed by atoms with Crippen LogP contribution in [0.5, 0.6) is 5.75 Å². The van der Waals surface area contributed by atoms with Crippen molar-refractivity contribution in [1.29, 1.82) is 0 Å². The third-order valence-corrected chi connectivity index (χ3v) is 4.71. The van der Waals surface area contributed by atoms with Gasteiger partial charge >= 0.3 is 6.09 Å². The van der Waals surface area contributed by atoms with Crippen molar-refractivity contribution in [2.75, 3.05) is 26.2 Å². The summed E-state index contributed by atoms with van der Waals surface area (Å²) in [5.74, 6) is 1.35. The molecule has 1 aromatic carbocycles. The van der Waals surface area contributed by atoms with Crippen molar-refractivity contribution in [2.24, 2.45) is 5.92 Å². The standard InChI is InChI=1S/C21H33ClN2O3/c1-5-6-11-26-19-8-7-18(22)12-17(19)15-24-10-9-16(14-24)13-23-20(25)27-21(2,3)4/h7-8,12,16H,5-6,9-11,13-15H2,1-4H3,(H,23,25). The maximum Gasteiger partial charge on any atom is 0.407 e. The highest BCUT2D eigenvalue weighted by Crippen LogP contribution is 2.27. The summed E-state index contributed by atoms with van der Waals surface area (Å²) in [7, 11) is 0. The molecule has 1 heterocycles. The summed E-state index contributed by atoms with van der Waals surface area (Å²) in [6.45, 7) is 11.9. The Balaban J connectivity index is 1.83. The van der Waals surface area contributed by atoms with Gasteiger partial charge in [-0.15, -0.1) is 0 Å². The van der Waals surface area contributed by atoms with Crippen LogP contribution in [0.4, 0.5) is 4.79 Å². The lowest BCUT2D eigenvalue weighted by Crippen LogP contribution is -2.36. The van der Waals surface area contributed by atoms with Gasteiger partial charge in [-0.1, -0.05) is 24.9 Å². The SMILES string of the molecule is CCCCOc1ccc(Cl)cc1CN1CCC(CNC(=O)OC(C)(C)C)C1. The van der Waals surface area contributed by atoms with Crippen molar-refractivity contribution < 1.29 is 14.3 Å². The second-order valence-corrected chi connectivity index (χ2v) is 8.66. The van der Waals surface area contributed by atoms with E-state index in [1.807, 2.05) is 39.0 Å². The van der Waals surface area contributed by atoms with E-state index in [2.05, 4.69) is 17.1 Å². The van der Waals surface area contributed by atoms with Crippen LogP contribution >= 0.6 is 11.6 Å². The number of likely N-dealkylation sites (tertiary alicyclic amines) is 1. The molecule has 1 fully saturated rings. The summed E-state index contributed by atoms with van der Waals surface area (Å²) in [5, 5.41) is 3.62. The molecule has 1 amide bonds. The third kappa shape index (κ3) is 7.97. The zero-order chi connectivity index (χ0) is 19.9. The van der Waals surface area contributed by atoms with Crippen molar-refractivity contribution in [3.63, 3.8) is 0 Å². The third-order valence-electron chi connectivity index (χ3n) is 4.48. The lowest BCUT2D eigenvalue weighted by atomic mass is 10.1. The first-order valence-corrected chi connectivity index (χ1v) is 10.2. The minimum absolute atomic E-state index is 0.345. The van der Waals surface area contributed by atoms with Crippen molar-refractivity contribution in [3.8, 4) is 5.75 Å². The van der Waals surface area contributed by atoms with E-state index in [1.54, 1.807) is 0 Å². The Morgan fingerprint density at radius 2 is 2.15 bits per heavy atom. The largest absolute Gasteiger partial charge is 0.493 e. The van der Waals surface area contributed by atoms with Crippen LogP contribution in [0.2, 0.25) is 5.02 Å². The Hall–Kier alpha value is -1.46. The maximum absolute atomic E-state index is 11.8. The minimum atomic E-state index is -0.466. The smallest absolute Gasteiger partial charge is 0.407 e. The Bertz CT molecular complexity index is 616. The van der Waals surface area contributed by atoms with Crippen LogP contribution < -0.4 is 10.1 Å². The summed E-state index contributed by atoms with van der Waals surface area (Å²) in [6.07, 6.45) is 2.87. The van der Waals surface area contributed by atoms with Gasteiger partial charge in [0.2, 0.25) is 0 Å². The Morgan fingerprint density at radius 1 is 1.37 bits per heavy atom. The molecule has 27 heavy (non-hydrogen) atoms. The molecule has 0 aromatic heterocycles. The quantitative estimate of drug-likeness (QED) is 0.637. The van der Waals surface area contributed by atoms with Crippen LogP contribution in [0.3, 0.4) is 0 Å². The van der Waals surface area contributed by atoms with Gasteiger partial charge in [0.15, 0.2) is 0 Å². The molecule has 0 saturated carbocycles. The van der Waals surface area contributed by atoms with E-state index in [1.165, 1.54) is 0 Å². The molecule has 1 unspecified atom stereocenters. The summed E-state index contributed by atoms with van der Waals surface area (Å²) in [4.78, 5) is 14.2. The number of unbranched alkanes of at least 4 members (excludes halogenated alkanes) is 1. The first-order chi connectivity index (χ1) is 12.8. The average molecular weight is 397 g/mol. The second kappa shape index (κ2) is 10.2. The second-order valence-electron chi connectivity index (χ2n) is 8.23. The number of carbonyl (C=O) groups excluding carboxylic acids is 1. The van der Waals surface area contributed by atoms with Crippen molar-refractivity contribution in [3.05, 3.63) is 28.8 Å². The molecule has 152 valence electrons. The fraction of sp³-hybridized carbons (Fsp3) is 0.667. The Kier molecular flexibility index (Phi) is 8.24. The predicted molar refractivity (Wildman–Crippen MR) is 109 cm³/mol. The summed E-state index contributed by atoms with van der Waals surface area (Å²) >= 11 is 6.19. The van der Waals surface area contributed by atoms with E-state index >= 15 is 0 Å². The predicted octanol–water partition coefficient (Wildman–Crippen LogP) is 4.87. The Morgan fingerprint density at radius 3 is 2.85 bits per heavy atom. The number of amides is 1. The molecule has 1 aliphatic heterocycles. The molecule has 0 aliphatic carbocycles. The zero-order valence-electron chi connectivity index (χ0n) is 17.0. The van der Waals surface area contributed by atoms with Gasteiger partial charge in [0.1, 0.15) is 11.4 Å². The monoisotopic (exact) mass is 396 g/mol. The van der Waals surface area contributed by atoms with E-state index in [4.69, 9.17) is 21.1 Å². The van der Waals surface area contributed by atoms with Crippen molar-refractivity contribution in [2.45, 2.75) is 59.1 Å². The number of hydrogen-bond donors (Lipinski definition) is 1. The van der Waals surface area contributed by atoms with Crippen LogP contribution in [-0.2, 0) is 11.3 Å². The number of nitrogens with zero attached hydrogens (tertiary/aromatic N) is 1. The van der Waals surface area contributed by atoms with Crippen molar-refractivity contribution in [1.82, 2.24) is 10.2 Å². The van der Waals surface area contributed by atoms with E-state index in [0.717, 1.165) is 61.8 Å². The molecule has 1 N–H and O–H groups in total. The molecule has 1 aliphatic rings. The minimum Gasteiger partial charge on any atom is -0.493 e. The number of hydrogen-bond acceptors (Lipinski definition) is 4. The first-order valence-electron chi connectivity index (χ1n) is 9.87. The lowest BCUT2D eigenvalue weighted by Gasteiger charge is -2.21. The summed E-state index contributed by atoms with van der Waals surface area (Å²) in [6, 6.07) is 5.84. The molecule has 1 atom stereocenters. The molecule has 0 spiro atoms. The highest BCUT2D eigenvalue weighted by Gasteiger charge is 2.25. The molecule has 1 aromatic rings. The number of ether oxygens (including phenoxy) is 2. The highest BCUT2D eigenvalue weighted by atomic mass is 35.5. The number of benzene rings is 1. The average Bonchev–Trinajstić information content (AvgIpc) is 3.01. The lowest BCUT2D eigenvalue weighted by molar-refractivity contribution is 0.0519. The normalized spacial score (nSPS) is 17.7. The number of rotatable bonds is 8. The van der Waals surface area contributed by atoms with Crippen LogP contribution in [-0.4, -0.2) is 42.8 Å². The van der Waals surface area contributed by atoms with E-state index in [-0.39, 0.29) is 6.09 Å². The molecule has 6 heteroatoms. The summed E-state index contributed by atoms with van der Waals surface area (Å²) in [5.41, 5.74) is 0.659. The van der Waals surface area contributed by atoms with E-state index in [9.17, 15) is 4.79 Å². The van der Waals surface area contributed by atoms with E-state index in [0.29, 0.717) is 12.5 Å². The molecule has 0 radical (unpaired) electrons. The molecule has 2 rings (SSSR count). The van der Waals surface area contributed by atoms with Gasteiger partial charge in [-0.25, -0.2) is 4.79 Å². The van der Waals surface area contributed by atoms with E-state index < -0.39 is 5.60 Å². The van der Waals surface area contributed by atoms with Gasteiger partial charge in [0.25, 0.3) is 0 Å². The Labute approximate surface area is 168 Å². The van der Waals surface area contributed by atoms with Gasteiger partial charge in [-0.3, -0.25) is 4.90 Å². The fourth-order valence-electron chi connectivity index (χ4n) is 3.14. The van der Waals surface area contributed by atoms with Gasteiger partial charge in [0, 0.05) is 30.2 Å². The number of alkyl carbamates (subject to hydrolysis) is 1. The molecular weight excluding hydrogens is 364 g/mol. The summed E-state index contributed by atoms with van der Waals surface area (Å²) < 4.78 is 11.2. The van der Waals surface area contributed by atoms with Gasteiger partial charge in [-0.05, 0) is 64.3 Å². The van der Waals surface area contributed by atoms with Gasteiger partial charge in [-0.2, -0.15) is 0 Å². The molecular formula is C21H33ClN2O3. The fourth-order valence-corrected chi connectivity index (χ4v) is 3.34. The zero-order valence-corrected chi connectivity index (χ0v) is 17.8. The molecule has 5 nitrogen and oxygen atoms in total. The van der Waals surface area contributed by atoms with Crippen LogP contribution in [0.1, 0.15) is 52.5 Å².